The lowest BCUT2D eigenvalue weighted by Gasteiger charge is -2.11. The van der Waals surface area contributed by atoms with E-state index in [-0.39, 0.29) is 17.4 Å². The minimum atomic E-state index is -0.187. The lowest BCUT2D eigenvalue weighted by Crippen LogP contribution is -2.43. The predicted octanol–water partition coefficient (Wildman–Crippen LogP) is 4.55. The second kappa shape index (κ2) is 9.21. The van der Waals surface area contributed by atoms with Crippen molar-refractivity contribution in [3.8, 4) is 11.3 Å². The average Bonchev–Trinajstić information content (AvgIpc) is 3.16. The first-order valence-electron chi connectivity index (χ1n) is 8.36. The number of hydrogen-bond acceptors (Lipinski definition) is 3. The van der Waals surface area contributed by atoms with Gasteiger partial charge in [-0.25, -0.2) is 0 Å². The van der Waals surface area contributed by atoms with Gasteiger partial charge >= 0.3 is 0 Å². The summed E-state index contributed by atoms with van der Waals surface area (Å²) in [6.45, 7) is 0. The van der Waals surface area contributed by atoms with Crippen LogP contribution in [0.2, 0.25) is 5.02 Å². The van der Waals surface area contributed by atoms with Crippen LogP contribution in [0.25, 0.3) is 11.3 Å². The number of hydrogen-bond donors (Lipinski definition) is 3. The Morgan fingerprint density at radius 1 is 0.963 bits per heavy atom. The number of nitrogens with one attached hydrogen (secondary N) is 3. The molecule has 0 atom stereocenters. The van der Waals surface area contributed by atoms with Gasteiger partial charge < -0.3 is 9.73 Å². The SMILES string of the molecule is O=C(CCc1ccc(-c2ccccc2)o1)NNC(=S)Nc1ccc(Cl)cc1. The molecule has 138 valence electrons. The van der Waals surface area contributed by atoms with Crippen LogP contribution in [0.1, 0.15) is 12.2 Å². The third-order valence-electron chi connectivity index (χ3n) is 3.74. The number of aryl methyl sites for hydroxylation is 1. The molecule has 2 aromatic carbocycles. The Kier molecular flexibility index (Phi) is 6.46. The van der Waals surface area contributed by atoms with Crippen LogP contribution in [0.5, 0.6) is 0 Å². The average molecular weight is 400 g/mol. The number of rotatable bonds is 5. The Labute approximate surface area is 167 Å². The Hall–Kier alpha value is -2.83. The zero-order valence-corrected chi connectivity index (χ0v) is 15.9. The van der Waals surface area contributed by atoms with Crippen molar-refractivity contribution in [1.29, 1.82) is 0 Å². The third-order valence-corrected chi connectivity index (χ3v) is 4.19. The highest BCUT2D eigenvalue weighted by atomic mass is 35.5. The molecule has 0 aliphatic carbocycles. The Bertz CT molecular complexity index is 910. The predicted molar refractivity (Wildman–Crippen MR) is 111 cm³/mol. The summed E-state index contributed by atoms with van der Waals surface area (Å²) in [6.07, 6.45) is 0.774. The first-order valence-corrected chi connectivity index (χ1v) is 9.14. The van der Waals surface area contributed by atoms with E-state index >= 15 is 0 Å². The highest BCUT2D eigenvalue weighted by Crippen LogP contribution is 2.22. The highest BCUT2D eigenvalue weighted by Gasteiger charge is 2.08. The van der Waals surface area contributed by atoms with Crippen LogP contribution < -0.4 is 16.2 Å². The number of benzene rings is 2. The molecule has 0 fully saturated rings. The Morgan fingerprint density at radius 2 is 1.70 bits per heavy atom. The number of amides is 1. The summed E-state index contributed by atoms with van der Waals surface area (Å²) in [7, 11) is 0. The van der Waals surface area contributed by atoms with Crippen molar-refractivity contribution in [1.82, 2.24) is 10.9 Å². The van der Waals surface area contributed by atoms with E-state index in [4.69, 9.17) is 28.2 Å². The fourth-order valence-electron chi connectivity index (χ4n) is 2.39. The molecule has 1 amide bonds. The van der Waals surface area contributed by atoms with Crippen LogP contribution in [0, 0.1) is 0 Å². The van der Waals surface area contributed by atoms with E-state index in [1.807, 2.05) is 42.5 Å². The molecule has 0 aliphatic rings. The van der Waals surface area contributed by atoms with Crippen LogP contribution in [-0.4, -0.2) is 11.0 Å². The zero-order valence-electron chi connectivity index (χ0n) is 14.4. The molecule has 5 nitrogen and oxygen atoms in total. The number of halogens is 1. The lowest BCUT2D eigenvalue weighted by molar-refractivity contribution is -0.121. The van der Waals surface area contributed by atoms with Gasteiger partial charge in [-0.2, -0.15) is 0 Å². The smallest absolute Gasteiger partial charge is 0.238 e. The molecule has 27 heavy (non-hydrogen) atoms. The van der Waals surface area contributed by atoms with Gasteiger partial charge in [-0.1, -0.05) is 41.9 Å². The minimum absolute atomic E-state index is 0.187. The van der Waals surface area contributed by atoms with E-state index in [9.17, 15) is 4.79 Å². The van der Waals surface area contributed by atoms with Gasteiger partial charge in [0.05, 0.1) is 0 Å². The molecule has 3 N–H and O–H groups in total. The molecule has 0 radical (unpaired) electrons. The van der Waals surface area contributed by atoms with Crippen molar-refractivity contribution in [2.75, 3.05) is 5.32 Å². The normalized spacial score (nSPS) is 10.3. The van der Waals surface area contributed by atoms with Gasteiger partial charge in [-0.3, -0.25) is 15.6 Å². The summed E-state index contributed by atoms with van der Waals surface area (Å²) >= 11 is 11.0. The van der Waals surface area contributed by atoms with Gasteiger partial charge in [0.25, 0.3) is 0 Å². The molecule has 7 heteroatoms. The van der Waals surface area contributed by atoms with Crippen LogP contribution in [0.4, 0.5) is 5.69 Å². The number of furan rings is 1. The van der Waals surface area contributed by atoms with Crippen molar-refractivity contribution < 1.29 is 9.21 Å². The molecule has 0 aliphatic heterocycles. The van der Waals surface area contributed by atoms with Gasteiger partial charge in [0.1, 0.15) is 11.5 Å². The Morgan fingerprint density at radius 3 is 2.44 bits per heavy atom. The van der Waals surface area contributed by atoms with Crippen molar-refractivity contribution in [3.63, 3.8) is 0 Å². The lowest BCUT2D eigenvalue weighted by atomic mass is 10.2. The summed E-state index contributed by atoms with van der Waals surface area (Å²) in [6, 6.07) is 20.7. The van der Waals surface area contributed by atoms with E-state index in [2.05, 4.69) is 16.2 Å². The second-order valence-corrected chi connectivity index (χ2v) is 6.61. The topological polar surface area (TPSA) is 66.3 Å². The monoisotopic (exact) mass is 399 g/mol. The molecular weight excluding hydrogens is 382 g/mol. The van der Waals surface area contributed by atoms with Crippen LogP contribution in [0.15, 0.2) is 71.1 Å². The molecule has 0 saturated heterocycles. The maximum absolute atomic E-state index is 12.0. The van der Waals surface area contributed by atoms with E-state index in [1.54, 1.807) is 24.3 Å². The number of thiocarbonyl (C=S) groups is 1. The van der Waals surface area contributed by atoms with E-state index < -0.39 is 0 Å². The van der Waals surface area contributed by atoms with Gasteiger partial charge in [-0.05, 0) is 48.6 Å². The molecule has 0 spiro atoms. The van der Waals surface area contributed by atoms with E-state index in [1.165, 1.54) is 0 Å². The summed E-state index contributed by atoms with van der Waals surface area (Å²) in [4.78, 5) is 12.0. The number of carbonyl (C=O) groups is 1. The van der Waals surface area contributed by atoms with Crippen molar-refractivity contribution in [3.05, 3.63) is 77.5 Å². The van der Waals surface area contributed by atoms with Gasteiger partial charge in [-0.15, -0.1) is 0 Å². The number of anilines is 1. The quantitative estimate of drug-likeness (QED) is 0.434. The molecule has 1 aromatic heterocycles. The molecule has 1 heterocycles. The van der Waals surface area contributed by atoms with E-state index in [0.717, 1.165) is 22.8 Å². The van der Waals surface area contributed by atoms with E-state index in [0.29, 0.717) is 11.4 Å². The summed E-state index contributed by atoms with van der Waals surface area (Å²) < 4.78 is 5.79. The molecule has 3 rings (SSSR count). The fourth-order valence-corrected chi connectivity index (χ4v) is 2.69. The third kappa shape index (κ3) is 5.84. The van der Waals surface area contributed by atoms with Crippen molar-refractivity contribution in [2.24, 2.45) is 0 Å². The first kappa shape index (κ1) is 18.9. The van der Waals surface area contributed by atoms with Gasteiger partial charge in [0.2, 0.25) is 5.91 Å². The molecule has 0 bridgehead atoms. The summed E-state index contributed by atoms with van der Waals surface area (Å²) in [5.41, 5.74) is 7.01. The number of hydrazine groups is 1. The van der Waals surface area contributed by atoms with Gasteiger partial charge in [0.15, 0.2) is 5.11 Å². The largest absolute Gasteiger partial charge is 0.461 e. The summed E-state index contributed by atoms with van der Waals surface area (Å²) in [5.74, 6) is 1.36. The van der Waals surface area contributed by atoms with Crippen LogP contribution in [0.3, 0.4) is 0 Å². The maximum atomic E-state index is 12.0. The van der Waals surface area contributed by atoms with Crippen molar-refractivity contribution in [2.45, 2.75) is 12.8 Å². The highest BCUT2D eigenvalue weighted by molar-refractivity contribution is 7.80. The first-order chi connectivity index (χ1) is 13.1. The summed E-state index contributed by atoms with van der Waals surface area (Å²) in [5, 5.41) is 3.88. The van der Waals surface area contributed by atoms with Crippen LogP contribution in [-0.2, 0) is 11.2 Å². The van der Waals surface area contributed by atoms with Crippen LogP contribution >= 0.6 is 23.8 Å². The standard InChI is InChI=1S/C20H18ClN3O2S/c21-15-6-8-16(9-7-15)22-20(27)24-23-19(25)13-11-17-10-12-18(26-17)14-4-2-1-3-5-14/h1-10,12H,11,13H2,(H,23,25)(H2,22,24,27). The zero-order chi connectivity index (χ0) is 19.1. The molecule has 3 aromatic rings. The Balaban J connectivity index is 1.41. The molecule has 0 unspecified atom stereocenters. The van der Waals surface area contributed by atoms with Crippen molar-refractivity contribution >= 4 is 40.5 Å². The second-order valence-electron chi connectivity index (χ2n) is 5.77. The number of carbonyl (C=O) groups excluding carboxylic acids is 1. The molecule has 0 saturated carbocycles. The molecular formula is C20H18ClN3O2S. The fraction of sp³-hybridized carbons (Fsp3) is 0.100. The minimum Gasteiger partial charge on any atom is -0.461 e. The maximum Gasteiger partial charge on any atom is 0.238 e. The van der Waals surface area contributed by atoms with Gasteiger partial charge in [0, 0.05) is 29.1 Å².